The number of carbonyl (C=O) groups excluding carboxylic acids is 1. The minimum absolute atomic E-state index is 0.305. The lowest BCUT2D eigenvalue weighted by Gasteiger charge is -2.35. The van der Waals surface area contributed by atoms with E-state index in [9.17, 15) is 13.6 Å². The van der Waals surface area contributed by atoms with Crippen LogP contribution in [0.4, 0.5) is 8.78 Å². The first-order valence-electron chi connectivity index (χ1n) is 8.04. The van der Waals surface area contributed by atoms with Crippen molar-refractivity contribution < 1.29 is 13.6 Å². The molecule has 1 aliphatic rings. The largest absolute Gasteiger partial charge is 0.349 e. The number of amides is 1. The van der Waals surface area contributed by atoms with Gasteiger partial charge in [-0.1, -0.05) is 30.3 Å². The summed E-state index contributed by atoms with van der Waals surface area (Å²) in [5, 5.41) is 2.61. The number of benzene rings is 1. The van der Waals surface area contributed by atoms with Crippen LogP contribution in [0.25, 0.3) is 11.2 Å². The zero-order valence-corrected chi connectivity index (χ0v) is 13.3. The van der Waals surface area contributed by atoms with Gasteiger partial charge in [-0.25, -0.2) is 18.7 Å². The predicted molar refractivity (Wildman–Crippen MR) is 88.5 cm³/mol. The van der Waals surface area contributed by atoms with Gasteiger partial charge in [-0.2, -0.15) is 0 Å². The highest BCUT2D eigenvalue weighted by atomic mass is 19.3. The third-order valence-electron chi connectivity index (χ3n) is 4.34. The molecule has 1 amide bonds. The predicted octanol–water partition coefficient (Wildman–Crippen LogP) is 3.01. The van der Waals surface area contributed by atoms with Gasteiger partial charge in [-0.15, -0.1) is 0 Å². The highest BCUT2D eigenvalue weighted by Gasteiger charge is 2.45. The lowest BCUT2D eigenvalue weighted by molar-refractivity contribution is -0.0901. The van der Waals surface area contributed by atoms with Crippen molar-refractivity contribution >= 4 is 17.1 Å². The molecule has 25 heavy (non-hydrogen) atoms. The molecular formula is C18H16F2N4O. The van der Waals surface area contributed by atoms with Crippen molar-refractivity contribution in [2.75, 3.05) is 0 Å². The molecule has 2 aromatic heterocycles. The highest BCUT2D eigenvalue weighted by molar-refractivity contribution is 5.96. The Hall–Kier alpha value is -2.83. The van der Waals surface area contributed by atoms with Crippen molar-refractivity contribution in [3.63, 3.8) is 0 Å². The number of rotatable bonds is 4. The van der Waals surface area contributed by atoms with Gasteiger partial charge in [0, 0.05) is 25.1 Å². The molecule has 128 valence electrons. The molecule has 4 rings (SSSR count). The number of hydrogen-bond acceptors (Lipinski definition) is 3. The van der Waals surface area contributed by atoms with Crippen LogP contribution in [0.15, 0.2) is 48.9 Å². The Morgan fingerprint density at radius 1 is 1.24 bits per heavy atom. The highest BCUT2D eigenvalue weighted by Crippen LogP contribution is 2.37. The first kappa shape index (κ1) is 15.7. The van der Waals surface area contributed by atoms with Crippen LogP contribution < -0.4 is 5.32 Å². The van der Waals surface area contributed by atoms with E-state index in [1.165, 1.54) is 6.20 Å². The molecule has 3 aromatic rings. The number of alkyl halides is 2. The molecule has 0 aliphatic heterocycles. The maximum atomic E-state index is 12.9. The van der Waals surface area contributed by atoms with Crippen LogP contribution in [0.5, 0.6) is 0 Å². The summed E-state index contributed by atoms with van der Waals surface area (Å²) in [6, 6.07) is 11.1. The smallest absolute Gasteiger partial charge is 0.253 e. The molecule has 2 heterocycles. The van der Waals surface area contributed by atoms with Crippen LogP contribution in [0.3, 0.4) is 0 Å². The van der Waals surface area contributed by atoms with Crippen LogP contribution in [0.2, 0.25) is 0 Å². The maximum absolute atomic E-state index is 12.9. The third kappa shape index (κ3) is 3.22. The molecular weight excluding hydrogens is 326 g/mol. The van der Waals surface area contributed by atoms with Gasteiger partial charge in [0.05, 0.1) is 18.4 Å². The summed E-state index contributed by atoms with van der Waals surface area (Å²) in [6.07, 6.45) is 2.52. The number of nitrogens with zero attached hydrogens (tertiary/aromatic N) is 3. The van der Waals surface area contributed by atoms with Gasteiger partial charge in [-0.05, 0) is 11.6 Å². The second kappa shape index (κ2) is 5.91. The fraction of sp³-hybridized carbons (Fsp3) is 0.278. The molecule has 0 bridgehead atoms. The van der Waals surface area contributed by atoms with Crippen LogP contribution in [-0.4, -0.2) is 32.4 Å². The summed E-state index contributed by atoms with van der Waals surface area (Å²) in [7, 11) is 0. The van der Waals surface area contributed by atoms with E-state index in [1.807, 2.05) is 34.9 Å². The van der Waals surface area contributed by atoms with Gasteiger partial charge in [0.15, 0.2) is 5.65 Å². The van der Waals surface area contributed by atoms with E-state index in [0.29, 0.717) is 23.3 Å². The lowest BCUT2D eigenvalue weighted by atomic mass is 9.88. The van der Waals surface area contributed by atoms with Gasteiger partial charge < -0.3 is 9.88 Å². The monoisotopic (exact) mass is 342 g/mol. The Morgan fingerprint density at radius 3 is 2.72 bits per heavy atom. The van der Waals surface area contributed by atoms with Crippen LogP contribution in [-0.2, 0) is 6.54 Å². The Labute approximate surface area is 142 Å². The quantitative estimate of drug-likeness (QED) is 0.793. The van der Waals surface area contributed by atoms with E-state index in [0.717, 1.165) is 5.56 Å². The van der Waals surface area contributed by atoms with Gasteiger partial charge in [-0.3, -0.25) is 4.79 Å². The van der Waals surface area contributed by atoms with Crippen molar-refractivity contribution in [2.45, 2.75) is 31.4 Å². The standard InChI is InChI=1S/C18H16F2N4O/c19-18(20)7-14(8-18)23-17(25)13-6-15-16(21-9-13)24(11-22-15)10-12-4-2-1-3-5-12/h1-6,9,11,14H,7-8,10H2,(H,23,25). The maximum Gasteiger partial charge on any atom is 0.253 e. The fourth-order valence-electron chi connectivity index (χ4n) is 3.00. The van der Waals surface area contributed by atoms with E-state index in [4.69, 9.17) is 0 Å². The van der Waals surface area contributed by atoms with Crippen molar-refractivity contribution in [1.29, 1.82) is 0 Å². The second-order valence-corrected chi connectivity index (χ2v) is 6.36. The number of fused-ring (bicyclic) bond motifs is 1. The van der Waals surface area contributed by atoms with Crippen LogP contribution >= 0.6 is 0 Å². The summed E-state index contributed by atoms with van der Waals surface area (Å²) in [5.41, 5.74) is 2.72. The Kier molecular flexibility index (Phi) is 3.71. The summed E-state index contributed by atoms with van der Waals surface area (Å²) in [6.45, 7) is 0.632. The van der Waals surface area contributed by atoms with E-state index in [-0.39, 0.29) is 12.8 Å². The van der Waals surface area contributed by atoms with Gasteiger partial charge >= 0.3 is 0 Å². The Balaban J connectivity index is 1.50. The molecule has 0 spiro atoms. The first-order chi connectivity index (χ1) is 12.0. The zero-order chi connectivity index (χ0) is 17.4. The zero-order valence-electron chi connectivity index (χ0n) is 13.3. The van der Waals surface area contributed by atoms with Crippen molar-refractivity contribution in [3.05, 3.63) is 60.0 Å². The SMILES string of the molecule is O=C(NC1CC(F)(F)C1)c1cnc2c(c1)ncn2Cc1ccccc1. The number of carbonyl (C=O) groups is 1. The van der Waals surface area contributed by atoms with Crippen molar-refractivity contribution in [1.82, 2.24) is 19.9 Å². The number of imidazole rings is 1. The van der Waals surface area contributed by atoms with E-state index in [2.05, 4.69) is 15.3 Å². The summed E-state index contributed by atoms with van der Waals surface area (Å²) in [4.78, 5) is 20.8. The molecule has 1 aliphatic carbocycles. The first-order valence-corrected chi connectivity index (χ1v) is 8.04. The lowest BCUT2D eigenvalue weighted by Crippen LogP contribution is -2.50. The molecule has 0 unspecified atom stereocenters. The van der Waals surface area contributed by atoms with Gasteiger partial charge in [0.25, 0.3) is 11.8 Å². The fourth-order valence-corrected chi connectivity index (χ4v) is 3.00. The van der Waals surface area contributed by atoms with E-state index >= 15 is 0 Å². The van der Waals surface area contributed by atoms with Gasteiger partial charge in [0.1, 0.15) is 5.52 Å². The second-order valence-electron chi connectivity index (χ2n) is 6.36. The van der Waals surface area contributed by atoms with E-state index in [1.54, 1.807) is 12.4 Å². The van der Waals surface area contributed by atoms with Crippen molar-refractivity contribution in [3.8, 4) is 0 Å². The van der Waals surface area contributed by atoms with Gasteiger partial charge in [0.2, 0.25) is 0 Å². The molecule has 5 nitrogen and oxygen atoms in total. The number of pyridine rings is 1. The normalized spacial score (nSPS) is 16.6. The Morgan fingerprint density at radius 2 is 2.00 bits per heavy atom. The average molecular weight is 342 g/mol. The Bertz CT molecular complexity index is 915. The molecule has 0 saturated heterocycles. The topological polar surface area (TPSA) is 59.8 Å². The molecule has 0 radical (unpaired) electrons. The molecule has 0 atom stereocenters. The number of nitrogens with one attached hydrogen (secondary N) is 1. The molecule has 1 fully saturated rings. The summed E-state index contributed by atoms with van der Waals surface area (Å²) >= 11 is 0. The average Bonchev–Trinajstić information content (AvgIpc) is 2.96. The van der Waals surface area contributed by atoms with Crippen LogP contribution in [0, 0.1) is 0 Å². The molecule has 1 saturated carbocycles. The summed E-state index contributed by atoms with van der Waals surface area (Å²) < 4.78 is 27.6. The minimum atomic E-state index is -2.66. The number of halogens is 2. The molecule has 7 heteroatoms. The molecule has 1 N–H and O–H groups in total. The number of hydrogen-bond donors (Lipinski definition) is 1. The number of aromatic nitrogens is 3. The third-order valence-corrected chi connectivity index (χ3v) is 4.34. The minimum Gasteiger partial charge on any atom is -0.349 e. The molecule has 1 aromatic carbocycles. The van der Waals surface area contributed by atoms with E-state index < -0.39 is 17.9 Å². The van der Waals surface area contributed by atoms with Crippen LogP contribution in [0.1, 0.15) is 28.8 Å². The summed E-state index contributed by atoms with van der Waals surface area (Å²) in [5.74, 6) is -3.05. The van der Waals surface area contributed by atoms with Crippen molar-refractivity contribution in [2.24, 2.45) is 0 Å².